The lowest BCUT2D eigenvalue weighted by molar-refractivity contribution is -0.118. The molecule has 1 aromatic heterocycles. The quantitative estimate of drug-likeness (QED) is 0.651. The molecule has 0 bridgehead atoms. The van der Waals surface area contributed by atoms with Crippen molar-refractivity contribution in [2.75, 3.05) is 0 Å². The van der Waals surface area contributed by atoms with Crippen LogP contribution >= 0.6 is 22.9 Å². The van der Waals surface area contributed by atoms with Gasteiger partial charge in [0.05, 0.1) is 16.8 Å². The number of amides is 1. The maximum absolute atomic E-state index is 12.2. The molecule has 5 heteroatoms. The SMILES string of the molecule is C#CCn1c(=NC(=O)CCc2ccccc2)sc2cc(Cl)ccc21. The van der Waals surface area contributed by atoms with Crippen LogP contribution in [0.25, 0.3) is 10.2 Å². The molecule has 0 aliphatic heterocycles. The molecule has 3 rings (SSSR count). The van der Waals surface area contributed by atoms with E-state index >= 15 is 0 Å². The number of hydrogen-bond donors (Lipinski definition) is 0. The molecule has 24 heavy (non-hydrogen) atoms. The van der Waals surface area contributed by atoms with Crippen LogP contribution in [0.3, 0.4) is 0 Å². The van der Waals surface area contributed by atoms with E-state index in [0.29, 0.717) is 29.2 Å². The maximum Gasteiger partial charge on any atom is 0.248 e. The third-order valence-corrected chi connectivity index (χ3v) is 4.86. The number of carbonyl (C=O) groups is 1. The zero-order valence-electron chi connectivity index (χ0n) is 12.9. The van der Waals surface area contributed by atoms with Crippen molar-refractivity contribution in [1.29, 1.82) is 0 Å². The first-order chi connectivity index (χ1) is 11.7. The van der Waals surface area contributed by atoms with Crippen molar-refractivity contribution in [2.45, 2.75) is 19.4 Å². The van der Waals surface area contributed by atoms with Gasteiger partial charge in [-0.2, -0.15) is 4.99 Å². The lowest BCUT2D eigenvalue weighted by atomic mass is 10.1. The highest BCUT2D eigenvalue weighted by molar-refractivity contribution is 7.16. The first-order valence-electron chi connectivity index (χ1n) is 7.51. The van der Waals surface area contributed by atoms with Crippen LogP contribution in [0.4, 0.5) is 0 Å². The second-order valence-electron chi connectivity index (χ2n) is 5.28. The summed E-state index contributed by atoms with van der Waals surface area (Å²) in [5, 5.41) is 0.651. The Bertz CT molecular complexity index is 980. The molecule has 0 aliphatic rings. The molecule has 0 fully saturated rings. The van der Waals surface area contributed by atoms with Crippen molar-refractivity contribution in [2.24, 2.45) is 4.99 Å². The molecular formula is C19H15ClN2OS. The minimum atomic E-state index is -0.151. The summed E-state index contributed by atoms with van der Waals surface area (Å²) in [6, 6.07) is 15.5. The molecule has 0 N–H and O–H groups in total. The van der Waals surface area contributed by atoms with Gasteiger partial charge in [0.2, 0.25) is 5.91 Å². The van der Waals surface area contributed by atoms with Crippen LogP contribution in [0.2, 0.25) is 5.02 Å². The highest BCUT2D eigenvalue weighted by Crippen LogP contribution is 2.21. The summed E-state index contributed by atoms with van der Waals surface area (Å²) in [5.74, 6) is 2.46. The van der Waals surface area contributed by atoms with E-state index in [1.165, 1.54) is 11.3 Å². The van der Waals surface area contributed by atoms with E-state index in [2.05, 4.69) is 10.9 Å². The minimum Gasteiger partial charge on any atom is -0.305 e. The van der Waals surface area contributed by atoms with Gasteiger partial charge < -0.3 is 4.57 Å². The Balaban J connectivity index is 1.89. The van der Waals surface area contributed by atoms with E-state index in [4.69, 9.17) is 18.0 Å². The number of fused-ring (bicyclic) bond motifs is 1. The third-order valence-electron chi connectivity index (χ3n) is 3.58. The van der Waals surface area contributed by atoms with Gasteiger partial charge in [-0.15, -0.1) is 6.42 Å². The van der Waals surface area contributed by atoms with Gasteiger partial charge in [0.25, 0.3) is 0 Å². The van der Waals surface area contributed by atoms with Crippen LogP contribution in [0, 0.1) is 12.3 Å². The maximum atomic E-state index is 12.2. The Morgan fingerprint density at radius 2 is 2.04 bits per heavy atom. The van der Waals surface area contributed by atoms with Crippen molar-refractivity contribution in [3.05, 3.63) is 63.9 Å². The molecule has 0 aliphatic carbocycles. The first kappa shape index (κ1) is 16.5. The van der Waals surface area contributed by atoms with Crippen molar-refractivity contribution in [1.82, 2.24) is 4.57 Å². The molecule has 3 nitrogen and oxygen atoms in total. The molecule has 0 radical (unpaired) electrons. The van der Waals surface area contributed by atoms with Crippen LogP contribution in [0.15, 0.2) is 53.5 Å². The van der Waals surface area contributed by atoms with Gasteiger partial charge >= 0.3 is 0 Å². The van der Waals surface area contributed by atoms with Gasteiger partial charge in [-0.1, -0.05) is 59.2 Å². The van der Waals surface area contributed by atoms with Crippen LogP contribution in [0.5, 0.6) is 0 Å². The Morgan fingerprint density at radius 1 is 1.25 bits per heavy atom. The molecule has 1 amide bonds. The molecule has 3 aromatic rings. The van der Waals surface area contributed by atoms with E-state index in [-0.39, 0.29) is 5.91 Å². The number of nitrogens with zero attached hydrogens (tertiary/aromatic N) is 2. The summed E-state index contributed by atoms with van der Waals surface area (Å²) in [4.78, 5) is 17.1. The Labute approximate surface area is 149 Å². The van der Waals surface area contributed by atoms with Gasteiger partial charge in [0.15, 0.2) is 4.80 Å². The Kier molecular flexibility index (Phi) is 5.14. The molecule has 0 spiro atoms. The fraction of sp³-hybridized carbons (Fsp3) is 0.158. The van der Waals surface area contributed by atoms with Crippen molar-refractivity contribution in [3.63, 3.8) is 0 Å². The summed E-state index contributed by atoms with van der Waals surface area (Å²) >= 11 is 7.46. The second kappa shape index (κ2) is 7.48. The molecule has 0 atom stereocenters. The summed E-state index contributed by atoms with van der Waals surface area (Å²) in [6.45, 7) is 0.367. The van der Waals surface area contributed by atoms with E-state index < -0.39 is 0 Å². The van der Waals surface area contributed by atoms with Gasteiger partial charge in [-0.05, 0) is 30.2 Å². The standard InChI is InChI=1S/C19H15ClN2OS/c1-2-12-22-16-10-9-15(20)13-17(16)24-19(22)21-18(23)11-8-14-6-4-3-5-7-14/h1,3-7,9-10,13H,8,11-12H2. The summed E-state index contributed by atoms with van der Waals surface area (Å²) < 4.78 is 2.84. The fourth-order valence-electron chi connectivity index (χ4n) is 2.43. The van der Waals surface area contributed by atoms with E-state index in [0.717, 1.165) is 15.8 Å². The van der Waals surface area contributed by atoms with E-state index in [9.17, 15) is 4.79 Å². The molecule has 0 unspecified atom stereocenters. The van der Waals surface area contributed by atoms with Crippen molar-refractivity contribution < 1.29 is 4.79 Å². The first-order valence-corrected chi connectivity index (χ1v) is 8.70. The molecular weight excluding hydrogens is 340 g/mol. The van der Waals surface area contributed by atoms with Gasteiger partial charge in [0.1, 0.15) is 0 Å². The number of aryl methyl sites for hydroxylation is 1. The Morgan fingerprint density at radius 3 is 2.79 bits per heavy atom. The van der Waals surface area contributed by atoms with Crippen LogP contribution in [-0.4, -0.2) is 10.5 Å². The number of hydrogen-bond acceptors (Lipinski definition) is 2. The number of benzene rings is 2. The Hall–Kier alpha value is -2.35. The normalized spacial score (nSPS) is 11.6. The number of carbonyl (C=O) groups excluding carboxylic acids is 1. The molecule has 0 saturated carbocycles. The zero-order chi connectivity index (χ0) is 16.9. The zero-order valence-corrected chi connectivity index (χ0v) is 14.5. The number of halogens is 1. The van der Waals surface area contributed by atoms with Crippen LogP contribution in [-0.2, 0) is 17.8 Å². The molecule has 2 aromatic carbocycles. The van der Waals surface area contributed by atoms with E-state index in [1.807, 2.05) is 53.1 Å². The lowest BCUT2D eigenvalue weighted by Crippen LogP contribution is -2.16. The summed E-state index contributed by atoms with van der Waals surface area (Å²) in [6.07, 6.45) is 6.50. The monoisotopic (exact) mass is 354 g/mol. The predicted molar refractivity (Wildman–Crippen MR) is 99.0 cm³/mol. The average molecular weight is 355 g/mol. The topological polar surface area (TPSA) is 34.4 Å². The van der Waals surface area contributed by atoms with Crippen molar-refractivity contribution >= 4 is 39.1 Å². The smallest absolute Gasteiger partial charge is 0.248 e. The van der Waals surface area contributed by atoms with Crippen LogP contribution in [0.1, 0.15) is 12.0 Å². The van der Waals surface area contributed by atoms with Gasteiger partial charge in [0, 0.05) is 11.4 Å². The minimum absolute atomic E-state index is 0.151. The third kappa shape index (κ3) is 3.76. The largest absolute Gasteiger partial charge is 0.305 e. The number of aromatic nitrogens is 1. The average Bonchev–Trinajstić information content (AvgIpc) is 2.91. The van der Waals surface area contributed by atoms with Gasteiger partial charge in [-0.25, -0.2) is 0 Å². The highest BCUT2D eigenvalue weighted by atomic mass is 35.5. The predicted octanol–water partition coefficient (Wildman–Crippen LogP) is 4.05. The van der Waals surface area contributed by atoms with Crippen molar-refractivity contribution in [3.8, 4) is 12.3 Å². The second-order valence-corrected chi connectivity index (χ2v) is 6.72. The lowest BCUT2D eigenvalue weighted by Gasteiger charge is -2.00. The number of terminal acetylenes is 1. The molecule has 120 valence electrons. The number of rotatable bonds is 4. The molecule has 1 heterocycles. The van der Waals surface area contributed by atoms with Crippen LogP contribution < -0.4 is 4.80 Å². The highest BCUT2D eigenvalue weighted by Gasteiger charge is 2.08. The summed E-state index contributed by atoms with van der Waals surface area (Å²) in [5.41, 5.74) is 2.07. The van der Waals surface area contributed by atoms with Gasteiger partial charge in [-0.3, -0.25) is 4.79 Å². The number of thiazole rings is 1. The van der Waals surface area contributed by atoms with E-state index in [1.54, 1.807) is 0 Å². The summed E-state index contributed by atoms with van der Waals surface area (Å²) in [7, 11) is 0. The fourth-order valence-corrected chi connectivity index (χ4v) is 3.76. The molecule has 0 saturated heterocycles.